The number of carbonyl (C=O) groups is 2. The van der Waals surface area contributed by atoms with Gasteiger partial charge in [0.1, 0.15) is 11.4 Å². The Morgan fingerprint density at radius 3 is 2.48 bits per heavy atom. The van der Waals surface area contributed by atoms with E-state index in [2.05, 4.69) is 26.6 Å². The van der Waals surface area contributed by atoms with E-state index in [1.807, 2.05) is 18.2 Å². The predicted molar refractivity (Wildman–Crippen MR) is 125 cm³/mol. The number of ether oxygens (including phenoxy) is 1. The zero-order chi connectivity index (χ0) is 22.2. The molecule has 0 bridgehead atoms. The third-order valence-corrected chi connectivity index (χ3v) is 5.04. The van der Waals surface area contributed by atoms with E-state index in [9.17, 15) is 9.59 Å². The number of hydrogen-bond donors (Lipinski definition) is 3. The van der Waals surface area contributed by atoms with Crippen molar-refractivity contribution in [1.29, 1.82) is 0 Å². The molecule has 3 rings (SSSR count). The largest absolute Gasteiger partial charge is 0.496 e. The van der Waals surface area contributed by atoms with E-state index >= 15 is 0 Å². The van der Waals surface area contributed by atoms with Crippen molar-refractivity contribution in [3.63, 3.8) is 0 Å². The average molecular weight is 480 g/mol. The van der Waals surface area contributed by atoms with Crippen molar-refractivity contribution in [2.75, 3.05) is 12.8 Å². The second-order valence-corrected chi connectivity index (χ2v) is 7.55. The smallest absolute Gasteiger partial charge is 0.268 e. The molecule has 0 saturated carbocycles. The van der Waals surface area contributed by atoms with Gasteiger partial charge in [-0.1, -0.05) is 36.4 Å². The molecule has 0 aromatic heterocycles. The van der Waals surface area contributed by atoms with Crippen molar-refractivity contribution in [1.82, 2.24) is 10.6 Å². The van der Waals surface area contributed by atoms with Crippen LogP contribution in [0.15, 0.2) is 83.0 Å². The summed E-state index contributed by atoms with van der Waals surface area (Å²) in [5, 5.41) is 5.54. The molecule has 0 aliphatic rings. The van der Waals surface area contributed by atoms with E-state index in [0.717, 1.165) is 15.6 Å². The first-order valence-corrected chi connectivity index (χ1v) is 10.3. The number of rotatable bonds is 7. The highest BCUT2D eigenvalue weighted by molar-refractivity contribution is 9.10. The first-order valence-electron chi connectivity index (χ1n) is 9.50. The summed E-state index contributed by atoms with van der Waals surface area (Å²) >= 11 is 3.44. The van der Waals surface area contributed by atoms with E-state index in [0.29, 0.717) is 17.0 Å². The van der Waals surface area contributed by atoms with Gasteiger partial charge in [-0.15, -0.1) is 0 Å². The summed E-state index contributed by atoms with van der Waals surface area (Å²) in [6.45, 7) is 0.273. The van der Waals surface area contributed by atoms with Crippen molar-refractivity contribution in [3.05, 3.63) is 99.7 Å². The number of amides is 2. The Morgan fingerprint density at radius 1 is 1.03 bits per heavy atom. The minimum atomic E-state index is -0.418. The SMILES string of the molecule is COc1ccc(/C=C(\NC(=O)c2ccccc2)C(=O)NCc2cccc(N)c2)cc1Br. The van der Waals surface area contributed by atoms with E-state index < -0.39 is 5.91 Å². The molecular formula is C24H22BrN3O3. The van der Waals surface area contributed by atoms with Crippen LogP contribution in [0.4, 0.5) is 5.69 Å². The Bertz CT molecular complexity index is 1110. The molecule has 2 amide bonds. The zero-order valence-corrected chi connectivity index (χ0v) is 18.5. The summed E-state index contributed by atoms with van der Waals surface area (Å²) in [5.74, 6) is -0.129. The Hall–Kier alpha value is -3.58. The standard InChI is InChI=1S/C24H22BrN3O3/c1-31-22-11-10-16(13-20(22)25)14-21(28-23(29)18-7-3-2-4-8-18)24(30)27-15-17-6-5-9-19(26)12-17/h2-14H,15,26H2,1H3,(H,27,30)(H,28,29)/b21-14-. The third-order valence-electron chi connectivity index (χ3n) is 4.42. The molecular weight excluding hydrogens is 458 g/mol. The maximum absolute atomic E-state index is 12.9. The van der Waals surface area contributed by atoms with Crippen molar-refractivity contribution in [3.8, 4) is 5.75 Å². The average Bonchev–Trinajstić information content (AvgIpc) is 2.77. The van der Waals surface area contributed by atoms with Crippen LogP contribution < -0.4 is 21.1 Å². The van der Waals surface area contributed by atoms with Gasteiger partial charge in [0.25, 0.3) is 11.8 Å². The van der Waals surface area contributed by atoms with Gasteiger partial charge in [-0.25, -0.2) is 0 Å². The molecule has 158 valence electrons. The zero-order valence-electron chi connectivity index (χ0n) is 16.9. The summed E-state index contributed by atoms with van der Waals surface area (Å²) in [7, 11) is 1.57. The Kier molecular flexibility index (Phi) is 7.45. The fourth-order valence-electron chi connectivity index (χ4n) is 2.86. The van der Waals surface area contributed by atoms with E-state index in [1.54, 1.807) is 67.8 Å². The molecule has 0 atom stereocenters. The molecule has 0 radical (unpaired) electrons. The van der Waals surface area contributed by atoms with Crippen LogP contribution in [0.3, 0.4) is 0 Å². The van der Waals surface area contributed by atoms with Gasteiger partial charge in [0.15, 0.2) is 0 Å². The van der Waals surface area contributed by atoms with Crippen LogP contribution in [0, 0.1) is 0 Å². The van der Waals surface area contributed by atoms with Gasteiger partial charge in [0.2, 0.25) is 0 Å². The summed E-state index contributed by atoms with van der Waals surface area (Å²) in [6, 6.07) is 21.3. The number of anilines is 1. The normalized spacial score (nSPS) is 11.0. The van der Waals surface area contributed by atoms with Crippen molar-refractivity contribution >= 4 is 39.5 Å². The summed E-state index contributed by atoms with van der Waals surface area (Å²) in [5.41, 5.74) is 8.56. The van der Waals surface area contributed by atoms with Crippen molar-refractivity contribution in [2.45, 2.75) is 6.54 Å². The van der Waals surface area contributed by atoms with Gasteiger partial charge in [0, 0.05) is 17.8 Å². The van der Waals surface area contributed by atoms with Crippen LogP contribution in [-0.2, 0) is 11.3 Å². The van der Waals surface area contributed by atoms with Crippen LogP contribution in [0.1, 0.15) is 21.5 Å². The Morgan fingerprint density at radius 2 is 1.81 bits per heavy atom. The Labute approximate surface area is 189 Å². The molecule has 0 aliphatic heterocycles. The van der Waals surface area contributed by atoms with E-state index in [4.69, 9.17) is 10.5 Å². The van der Waals surface area contributed by atoms with Crippen LogP contribution in [0.2, 0.25) is 0 Å². The minimum Gasteiger partial charge on any atom is -0.496 e. The summed E-state index contributed by atoms with van der Waals surface area (Å²) in [6.07, 6.45) is 1.61. The molecule has 0 fully saturated rings. The molecule has 7 heteroatoms. The number of halogens is 1. The minimum absolute atomic E-state index is 0.120. The van der Waals surface area contributed by atoms with Gasteiger partial charge in [-0.05, 0) is 69.5 Å². The van der Waals surface area contributed by atoms with Crippen LogP contribution in [0.25, 0.3) is 6.08 Å². The summed E-state index contributed by atoms with van der Waals surface area (Å²) < 4.78 is 5.98. The summed E-state index contributed by atoms with van der Waals surface area (Å²) in [4.78, 5) is 25.6. The fourth-order valence-corrected chi connectivity index (χ4v) is 3.42. The van der Waals surface area contributed by atoms with Gasteiger partial charge in [0.05, 0.1) is 11.6 Å². The molecule has 0 heterocycles. The first-order chi connectivity index (χ1) is 15.0. The lowest BCUT2D eigenvalue weighted by molar-refractivity contribution is -0.117. The molecule has 0 aliphatic carbocycles. The molecule has 0 spiro atoms. The molecule has 6 nitrogen and oxygen atoms in total. The number of carbonyl (C=O) groups excluding carboxylic acids is 2. The highest BCUT2D eigenvalue weighted by Gasteiger charge is 2.15. The highest BCUT2D eigenvalue weighted by Crippen LogP contribution is 2.26. The van der Waals surface area contributed by atoms with Gasteiger partial charge in [-0.2, -0.15) is 0 Å². The van der Waals surface area contributed by atoms with Crippen molar-refractivity contribution < 1.29 is 14.3 Å². The maximum Gasteiger partial charge on any atom is 0.268 e. The molecule has 31 heavy (non-hydrogen) atoms. The second-order valence-electron chi connectivity index (χ2n) is 6.70. The molecule has 3 aromatic carbocycles. The molecule has 0 unspecified atom stereocenters. The highest BCUT2D eigenvalue weighted by atomic mass is 79.9. The quantitative estimate of drug-likeness (QED) is 0.350. The van der Waals surface area contributed by atoms with E-state index in [-0.39, 0.29) is 18.1 Å². The van der Waals surface area contributed by atoms with Gasteiger partial charge < -0.3 is 21.1 Å². The predicted octanol–water partition coefficient (Wildman–Crippen LogP) is 4.13. The molecule has 3 aromatic rings. The Balaban J connectivity index is 1.84. The van der Waals surface area contributed by atoms with Gasteiger partial charge in [-0.3, -0.25) is 9.59 Å². The lowest BCUT2D eigenvalue weighted by Crippen LogP contribution is -2.34. The molecule has 0 saturated heterocycles. The fraction of sp³-hybridized carbons (Fsp3) is 0.0833. The lowest BCUT2D eigenvalue weighted by atomic mass is 10.1. The monoisotopic (exact) mass is 479 g/mol. The lowest BCUT2D eigenvalue weighted by Gasteiger charge is -2.12. The number of nitrogen functional groups attached to an aromatic ring is 1. The molecule has 4 N–H and O–H groups in total. The van der Waals surface area contributed by atoms with Crippen LogP contribution in [0.5, 0.6) is 5.75 Å². The number of hydrogen-bond acceptors (Lipinski definition) is 4. The maximum atomic E-state index is 12.9. The number of nitrogens with two attached hydrogens (primary N) is 1. The second kappa shape index (κ2) is 10.4. The third kappa shape index (κ3) is 6.20. The van der Waals surface area contributed by atoms with Crippen LogP contribution in [-0.4, -0.2) is 18.9 Å². The van der Waals surface area contributed by atoms with E-state index in [1.165, 1.54) is 0 Å². The van der Waals surface area contributed by atoms with Gasteiger partial charge >= 0.3 is 0 Å². The topological polar surface area (TPSA) is 93.4 Å². The number of methoxy groups -OCH3 is 1. The number of benzene rings is 3. The van der Waals surface area contributed by atoms with Crippen LogP contribution >= 0.6 is 15.9 Å². The number of nitrogens with one attached hydrogen (secondary N) is 2. The first kappa shape index (κ1) is 22.1. The van der Waals surface area contributed by atoms with Crippen molar-refractivity contribution in [2.24, 2.45) is 0 Å².